The number of carbonyl (C=O) groups is 1. The number of hydrogen-bond donors (Lipinski definition) is 1. The SMILES string of the molecule is COc1ccc(N(CCCC(=O)NCCOc2ccc(Cl)cc2)S(C)(=O)=O)c(OC)c1. The van der Waals surface area contributed by atoms with Gasteiger partial charge in [0.05, 0.1) is 32.7 Å². The third-order valence-electron chi connectivity index (χ3n) is 4.33. The second kappa shape index (κ2) is 11.7. The topological polar surface area (TPSA) is 94.2 Å². The summed E-state index contributed by atoms with van der Waals surface area (Å²) in [5.41, 5.74) is 0.391. The van der Waals surface area contributed by atoms with Crippen LogP contribution >= 0.6 is 11.6 Å². The molecule has 0 unspecified atom stereocenters. The van der Waals surface area contributed by atoms with Crippen LogP contribution in [0.25, 0.3) is 0 Å². The highest BCUT2D eigenvalue weighted by molar-refractivity contribution is 7.92. The van der Waals surface area contributed by atoms with Gasteiger partial charge in [-0.1, -0.05) is 11.6 Å². The predicted molar refractivity (Wildman–Crippen MR) is 121 cm³/mol. The molecule has 1 amide bonds. The Labute approximate surface area is 188 Å². The van der Waals surface area contributed by atoms with Crippen molar-refractivity contribution in [1.82, 2.24) is 5.32 Å². The average Bonchev–Trinajstić information content (AvgIpc) is 2.74. The number of anilines is 1. The lowest BCUT2D eigenvalue weighted by Gasteiger charge is -2.24. The highest BCUT2D eigenvalue weighted by Crippen LogP contribution is 2.33. The molecular formula is C21H27ClN2O6S. The molecule has 2 aromatic carbocycles. The van der Waals surface area contributed by atoms with Gasteiger partial charge < -0.3 is 19.5 Å². The molecule has 0 saturated heterocycles. The summed E-state index contributed by atoms with van der Waals surface area (Å²) in [6.45, 7) is 0.783. The maximum atomic E-state index is 12.3. The Morgan fingerprint density at radius 1 is 1.06 bits per heavy atom. The van der Waals surface area contributed by atoms with Crippen LogP contribution in [0.1, 0.15) is 12.8 Å². The Bertz CT molecular complexity index is 966. The summed E-state index contributed by atoms with van der Waals surface area (Å²) < 4.78 is 41.8. The smallest absolute Gasteiger partial charge is 0.232 e. The molecule has 0 aliphatic carbocycles. The molecule has 0 atom stereocenters. The fraction of sp³-hybridized carbons (Fsp3) is 0.381. The largest absolute Gasteiger partial charge is 0.497 e. The van der Waals surface area contributed by atoms with E-state index in [4.69, 9.17) is 25.8 Å². The van der Waals surface area contributed by atoms with Gasteiger partial charge in [-0.25, -0.2) is 8.42 Å². The zero-order chi connectivity index (χ0) is 22.9. The van der Waals surface area contributed by atoms with E-state index in [1.165, 1.54) is 18.5 Å². The van der Waals surface area contributed by atoms with Gasteiger partial charge in [-0.05, 0) is 42.8 Å². The van der Waals surface area contributed by atoms with Gasteiger partial charge in [0.15, 0.2) is 0 Å². The first-order chi connectivity index (χ1) is 14.7. The third kappa shape index (κ3) is 7.84. The molecule has 8 nitrogen and oxygen atoms in total. The summed E-state index contributed by atoms with van der Waals surface area (Å²) in [6.07, 6.45) is 1.63. The lowest BCUT2D eigenvalue weighted by molar-refractivity contribution is -0.121. The van der Waals surface area contributed by atoms with Crippen LogP contribution in [-0.4, -0.2) is 54.5 Å². The van der Waals surface area contributed by atoms with Crippen molar-refractivity contribution in [1.29, 1.82) is 0 Å². The van der Waals surface area contributed by atoms with Crippen molar-refractivity contribution in [2.45, 2.75) is 12.8 Å². The van der Waals surface area contributed by atoms with E-state index in [1.54, 1.807) is 42.5 Å². The number of halogens is 1. The Balaban J connectivity index is 1.84. The van der Waals surface area contributed by atoms with Crippen LogP contribution in [0.3, 0.4) is 0 Å². The van der Waals surface area contributed by atoms with Crippen LogP contribution in [0.5, 0.6) is 17.2 Å². The quantitative estimate of drug-likeness (QED) is 0.479. The second-order valence-corrected chi connectivity index (χ2v) is 8.97. The van der Waals surface area contributed by atoms with E-state index in [1.807, 2.05) is 0 Å². The van der Waals surface area contributed by atoms with Crippen molar-refractivity contribution in [3.05, 3.63) is 47.5 Å². The number of methoxy groups -OCH3 is 2. The van der Waals surface area contributed by atoms with E-state index in [0.717, 1.165) is 6.26 Å². The number of benzene rings is 2. The zero-order valence-corrected chi connectivity index (χ0v) is 19.3. The first-order valence-electron chi connectivity index (χ1n) is 9.59. The van der Waals surface area contributed by atoms with Crippen LogP contribution in [0.2, 0.25) is 5.02 Å². The van der Waals surface area contributed by atoms with Crippen LogP contribution in [-0.2, 0) is 14.8 Å². The fourth-order valence-corrected chi connectivity index (χ4v) is 3.91. The van der Waals surface area contributed by atoms with Gasteiger partial charge in [0.1, 0.15) is 23.9 Å². The molecule has 0 heterocycles. The first-order valence-corrected chi connectivity index (χ1v) is 11.8. The number of nitrogens with zero attached hydrogens (tertiary/aromatic N) is 1. The Kier molecular flexibility index (Phi) is 9.26. The van der Waals surface area contributed by atoms with Crippen LogP contribution in [0.4, 0.5) is 5.69 Å². The molecule has 10 heteroatoms. The van der Waals surface area contributed by atoms with Crippen molar-refractivity contribution < 1.29 is 27.4 Å². The molecule has 0 aliphatic rings. The molecule has 0 bridgehead atoms. The minimum Gasteiger partial charge on any atom is -0.497 e. The molecule has 0 fully saturated rings. The number of ether oxygens (including phenoxy) is 3. The summed E-state index contributed by atoms with van der Waals surface area (Å²) in [6, 6.07) is 11.8. The van der Waals surface area contributed by atoms with Crippen molar-refractivity contribution >= 4 is 33.2 Å². The molecule has 170 valence electrons. The Morgan fingerprint density at radius 2 is 1.74 bits per heavy atom. The molecule has 2 aromatic rings. The lowest BCUT2D eigenvalue weighted by Crippen LogP contribution is -2.33. The standard InChI is InChI=1S/C21H27ClN2O6S/c1-28-18-10-11-19(20(15-18)29-2)24(31(3,26)27)13-4-5-21(25)23-12-14-30-17-8-6-16(22)7-9-17/h6-11,15H,4-5,12-14H2,1-3H3,(H,23,25). The van der Waals surface area contributed by atoms with Crippen molar-refractivity contribution in [2.75, 3.05) is 44.5 Å². The van der Waals surface area contributed by atoms with Gasteiger partial charge >= 0.3 is 0 Å². The average molecular weight is 471 g/mol. The fourth-order valence-electron chi connectivity index (χ4n) is 2.82. The molecule has 31 heavy (non-hydrogen) atoms. The highest BCUT2D eigenvalue weighted by Gasteiger charge is 2.21. The van der Waals surface area contributed by atoms with E-state index in [2.05, 4.69) is 5.32 Å². The summed E-state index contributed by atoms with van der Waals surface area (Å²) in [7, 11) is -0.599. The number of nitrogens with one attached hydrogen (secondary N) is 1. The van der Waals surface area contributed by atoms with E-state index >= 15 is 0 Å². The predicted octanol–water partition coefficient (Wildman–Crippen LogP) is 3.10. The zero-order valence-electron chi connectivity index (χ0n) is 17.8. The first kappa shape index (κ1) is 24.6. The molecule has 1 N–H and O–H groups in total. The third-order valence-corrected chi connectivity index (χ3v) is 5.76. The van der Waals surface area contributed by atoms with E-state index in [0.29, 0.717) is 47.5 Å². The number of rotatable bonds is 12. The summed E-state index contributed by atoms with van der Waals surface area (Å²) >= 11 is 5.82. The molecular weight excluding hydrogens is 444 g/mol. The van der Waals surface area contributed by atoms with Crippen LogP contribution in [0, 0.1) is 0 Å². The molecule has 0 saturated carbocycles. The molecule has 2 rings (SSSR count). The summed E-state index contributed by atoms with van der Waals surface area (Å²) in [5.74, 6) is 1.40. The normalized spacial score (nSPS) is 11.0. The van der Waals surface area contributed by atoms with Crippen molar-refractivity contribution in [2.24, 2.45) is 0 Å². The van der Waals surface area contributed by atoms with Gasteiger partial charge in [0, 0.05) is 24.1 Å². The summed E-state index contributed by atoms with van der Waals surface area (Å²) in [5, 5.41) is 3.38. The maximum absolute atomic E-state index is 12.3. The monoisotopic (exact) mass is 470 g/mol. The minimum absolute atomic E-state index is 0.135. The van der Waals surface area contributed by atoms with Gasteiger partial charge in [-0.3, -0.25) is 9.10 Å². The highest BCUT2D eigenvalue weighted by atomic mass is 35.5. The van der Waals surface area contributed by atoms with E-state index < -0.39 is 10.0 Å². The molecule has 0 spiro atoms. The van der Waals surface area contributed by atoms with Crippen LogP contribution < -0.4 is 23.8 Å². The van der Waals surface area contributed by atoms with E-state index in [-0.39, 0.29) is 18.9 Å². The number of sulfonamides is 1. The Hall–Kier alpha value is -2.65. The number of carbonyl (C=O) groups excluding carboxylic acids is 1. The van der Waals surface area contributed by atoms with Gasteiger partial charge in [-0.15, -0.1) is 0 Å². The second-order valence-electron chi connectivity index (χ2n) is 6.63. The number of hydrogen-bond acceptors (Lipinski definition) is 6. The minimum atomic E-state index is -3.57. The van der Waals surface area contributed by atoms with Gasteiger partial charge in [0.2, 0.25) is 15.9 Å². The van der Waals surface area contributed by atoms with Gasteiger partial charge in [0.25, 0.3) is 0 Å². The molecule has 0 radical (unpaired) electrons. The van der Waals surface area contributed by atoms with Crippen molar-refractivity contribution in [3.8, 4) is 17.2 Å². The Morgan fingerprint density at radius 3 is 2.35 bits per heavy atom. The van der Waals surface area contributed by atoms with Gasteiger partial charge in [-0.2, -0.15) is 0 Å². The van der Waals surface area contributed by atoms with Crippen LogP contribution in [0.15, 0.2) is 42.5 Å². The molecule has 0 aliphatic heterocycles. The number of amides is 1. The van der Waals surface area contributed by atoms with E-state index in [9.17, 15) is 13.2 Å². The maximum Gasteiger partial charge on any atom is 0.232 e. The lowest BCUT2D eigenvalue weighted by atomic mass is 10.2. The van der Waals surface area contributed by atoms with Crippen molar-refractivity contribution in [3.63, 3.8) is 0 Å². The summed E-state index contributed by atoms with van der Waals surface area (Å²) in [4.78, 5) is 12.1. The molecule has 0 aromatic heterocycles.